The van der Waals surface area contributed by atoms with Gasteiger partial charge in [0.1, 0.15) is 0 Å². The molecule has 0 bridgehead atoms. The molecule has 1 aliphatic carbocycles. The van der Waals surface area contributed by atoms with Gasteiger partial charge in [0, 0.05) is 22.2 Å². The highest BCUT2D eigenvalue weighted by atomic mass is 15.1. The first-order valence-corrected chi connectivity index (χ1v) is 17.4. The van der Waals surface area contributed by atoms with Crippen LogP contribution in [0.4, 0.5) is 17.1 Å². The zero-order valence-corrected chi connectivity index (χ0v) is 28.3. The van der Waals surface area contributed by atoms with Crippen LogP contribution in [0.15, 0.2) is 188 Å². The molecule has 0 atom stereocenters. The van der Waals surface area contributed by atoms with E-state index >= 15 is 0 Å². The highest BCUT2D eigenvalue weighted by molar-refractivity contribution is 6.02. The number of hydrogen-bond donors (Lipinski definition) is 0. The second kappa shape index (κ2) is 12.1. The number of nitrogens with zero attached hydrogens (tertiary/aromatic N) is 1. The zero-order chi connectivity index (χ0) is 33.7. The van der Waals surface area contributed by atoms with Crippen molar-refractivity contribution in [2.24, 2.45) is 0 Å². The third-order valence-corrected chi connectivity index (χ3v) is 10.5. The topological polar surface area (TPSA) is 3.24 Å². The summed E-state index contributed by atoms with van der Waals surface area (Å²) < 4.78 is 0. The van der Waals surface area contributed by atoms with Gasteiger partial charge in [-0.1, -0.05) is 166 Å². The molecule has 0 fully saturated rings. The van der Waals surface area contributed by atoms with Crippen molar-refractivity contribution in [1.82, 2.24) is 0 Å². The molecule has 8 aromatic rings. The van der Waals surface area contributed by atoms with Gasteiger partial charge in [0.05, 0.1) is 11.4 Å². The summed E-state index contributed by atoms with van der Waals surface area (Å²) in [5, 5.41) is 2.55. The Bertz CT molecular complexity index is 2490. The number of anilines is 3. The summed E-state index contributed by atoms with van der Waals surface area (Å²) in [6.07, 6.45) is 0. The normalized spacial score (nSPS) is 12.8. The SMILES string of the molecule is CC1(C)c2cc3ccccc3cc2-c2c(N(c3ccc(-c4ccccc4)cc3)c3ccccc3-c3ccccc3-c3ccccc3)cccc21. The smallest absolute Gasteiger partial charge is 0.0543 e. The molecule has 50 heavy (non-hydrogen) atoms. The molecule has 9 rings (SSSR count). The van der Waals surface area contributed by atoms with Crippen LogP contribution in [0.1, 0.15) is 25.0 Å². The van der Waals surface area contributed by atoms with E-state index in [1.165, 1.54) is 72.1 Å². The average molecular weight is 640 g/mol. The van der Waals surface area contributed by atoms with E-state index in [0.717, 1.165) is 11.4 Å². The minimum absolute atomic E-state index is 0.146. The second-order valence-electron chi connectivity index (χ2n) is 13.7. The maximum absolute atomic E-state index is 2.49. The summed E-state index contributed by atoms with van der Waals surface area (Å²) in [5.74, 6) is 0. The maximum atomic E-state index is 2.49. The second-order valence-corrected chi connectivity index (χ2v) is 13.7. The fourth-order valence-electron chi connectivity index (χ4n) is 7.96. The van der Waals surface area contributed by atoms with Gasteiger partial charge in [-0.3, -0.25) is 0 Å². The predicted molar refractivity (Wildman–Crippen MR) is 213 cm³/mol. The Balaban J connectivity index is 1.31. The van der Waals surface area contributed by atoms with E-state index in [-0.39, 0.29) is 5.41 Å². The summed E-state index contributed by atoms with van der Waals surface area (Å²) in [6.45, 7) is 4.75. The fraction of sp³-hybridized carbons (Fsp3) is 0.0612. The quantitative estimate of drug-likeness (QED) is 0.175. The van der Waals surface area contributed by atoms with Crippen LogP contribution >= 0.6 is 0 Å². The third kappa shape index (κ3) is 4.94. The first-order chi connectivity index (χ1) is 24.6. The minimum atomic E-state index is -0.146. The van der Waals surface area contributed by atoms with Gasteiger partial charge in [0.15, 0.2) is 0 Å². The van der Waals surface area contributed by atoms with Crippen molar-refractivity contribution >= 4 is 27.8 Å². The number of rotatable bonds is 6. The molecule has 0 unspecified atom stereocenters. The first-order valence-electron chi connectivity index (χ1n) is 17.4. The van der Waals surface area contributed by atoms with E-state index in [2.05, 4.69) is 207 Å². The Labute approximate surface area is 294 Å². The lowest BCUT2D eigenvalue weighted by Crippen LogP contribution is -2.16. The van der Waals surface area contributed by atoms with Gasteiger partial charge < -0.3 is 4.90 Å². The lowest BCUT2D eigenvalue weighted by atomic mass is 9.82. The molecule has 0 spiro atoms. The van der Waals surface area contributed by atoms with Crippen LogP contribution in [0.2, 0.25) is 0 Å². The summed E-state index contributed by atoms with van der Waals surface area (Å²) in [7, 11) is 0. The summed E-state index contributed by atoms with van der Waals surface area (Å²) in [4.78, 5) is 2.49. The van der Waals surface area contributed by atoms with Crippen molar-refractivity contribution in [3.8, 4) is 44.5 Å². The molecule has 0 heterocycles. The van der Waals surface area contributed by atoms with Crippen LogP contribution in [0.5, 0.6) is 0 Å². The summed E-state index contributed by atoms with van der Waals surface area (Å²) in [6, 6.07) is 68.6. The Morgan fingerprint density at radius 3 is 1.62 bits per heavy atom. The van der Waals surface area contributed by atoms with Crippen molar-refractivity contribution in [2.45, 2.75) is 19.3 Å². The Morgan fingerprint density at radius 1 is 0.360 bits per heavy atom. The average Bonchev–Trinajstić information content (AvgIpc) is 3.40. The molecule has 0 saturated heterocycles. The molecule has 1 heteroatoms. The number of hydrogen-bond acceptors (Lipinski definition) is 1. The minimum Gasteiger partial charge on any atom is -0.309 e. The molecule has 8 aromatic carbocycles. The Kier molecular flexibility index (Phi) is 7.21. The standard InChI is InChI=1S/C49H37N/c1-49(2)44-25-15-27-47(48(44)43-32-37-20-9-10-21-38(37)33-45(43)49)50(39-30-28-35(29-31-39)34-16-5-3-6-17-34)46-26-14-13-24-42(46)41-23-12-11-22-40(41)36-18-7-4-8-19-36/h3-33H,1-2H3. The number of para-hydroxylation sites is 1. The van der Waals surface area contributed by atoms with Crippen molar-refractivity contribution in [3.63, 3.8) is 0 Å². The molecule has 1 aliphatic rings. The highest BCUT2D eigenvalue weighted by Crippen LogP contribution is 2.56. The van der Waals surface area contributed by atoms with Gasteiger partial charge in [-0.2, -0.15) is 0 Å². The van der Waals surface area contributed by atoms with Crippen molar-refractivity contribution in [3.05, 3.63) is 199 Å². The number of fused-ring (bicyclic) bond motifs is 4. The van der Waals surface area contributed by atoms with Crippen molar-refractivity contribution in [2.75, 3.05) is 4.90 Å². The van der Waals surface area contributed by atoms with Crippen LogP contribution in [0.25, 0.3) is 55.3 Å². The monoisotopic (exact) mass is 639 g/mol. The molecule has 0 amide bonds. The lowest BCUT2D eigenvalue weighted by Gasteiger charge is -2.31. The van der Waals surface area contributed by atoms with Crippen molar-refractivity contribution in [1.29, 1.82) is 0 Å². The van der Waals surface area contributed by atoms with Gasteiger partial charge in [-0.05, 0) is 91.7 Å². The van der Waals surface area contributed by atoms with E-state index in [4.69, 9.17) is 0 Å². The highest BCUT2D eigenvalue weighted by Gasteiger charge is 2.38. The van der Waals surface area contributed by atoms with Crippen molar-refractivity contribution < 1.29 is 0 Å². The molecule has 1 nitrogen and oxygen atoms in total. The molecular formula is C49H37N. The molecule has 0 radical (unpaired) electrons. The third-order valence-electron chi connectivity index (χ3n) is 10.5. The Hall–Kier alpha value is -6.18. The number of benzene rings is 8. The van der Waals surface area contributed by atoms with Crippen LogP contribution in [-0.4, -0.2) is 0 Å². The molecular weight excluding hydrogens is 603 g/mol. The molecule has 0 aliphatic heterocycles. The summed E-state index contributed by atoms with van der Waals surface area (Å²) in [5.41, 5.74) is 15.9. The van der Waals surface area contributed by atoms with E-state index in [9.17, 15) is 0 Å². The predicted octanol–water partition coefficient (Wildman–Crippen LogP) is 13.6. The van der Waals surface area contributed by atoms with Gasteiger partial charge in [-0.15, -0.1) is 0 Å². The fourth-order valence-corrected chi connectivity index (χ4v) is 7.96. The molecule has 0 saturated carbocycles. The van der Waals surface area contributed by atoms with E-state index in [1.54, 1.807) is 0 Å². The largest absolute Gasteiger partial charge is 0.309 e. The van der Waals surface area contributed by atoms with E-state index < -0.39 is 0 Å². The van der Waals surface area contributed by atoms with Gasteiger partial charge in [0.25, 0.3) is 0 Å². The van der Waals surface area contributed by atoms with Crippen LogP contribution < -0.4 is 4.90 Å². The van der Waals surface area contributed by atoms with Crippen LogP contribution in [0, 0.1) is 0 Å². The lowest BCUT2D eigenvalue weighted by molar-refractivity contribution is 0.661. The van der Waals surface area contributed by atoms with E-state index in [0.29, 0.717) is 0 Å². The maximum Gasteiger partial charge on any atom is 0.0543 e. The van der Waals surface area contributed by atoms with Gasteiger partial charge >= 0.3 is 0 Å². The van der Waals surface area contributed by atoms with Gasteiger partial charge in [-0.25, -0.2) is 0 Å². The zero-order valence-electron chi connectivity index (χ0n) is 28.3. The first kappa shape index (κ1) is 29.9. The molecule has 0 aromatic heterocycles. The summed E-state index contributed by atoms with van der Waals surface area (Å²) >= 11 is 0. The Morgan fingerprint density at radius 2 is 0.900 bits per heavy atom. The molecule has 238 valence electrons. The van der Waals surface area contributed by atoms with E-state index in [1.807, 2.05) is 0 Å². The molecule has 0 N–H and O–H groups in total. The van der Waals surface area contributed by atoms with Crippen LogP contribution in [0.3, 0.4) is 0 Å². The van der Waals surface area contributed by atoms with Gasteiger partial charge in [0.2, 0.25) is 0 Å². The van der Waals surface area contributed by atoms with Crippen LogP contribution in [-0.2, 0) is 5.41 Å².